The number of aromatic hydroxyl groups is 1. The first-order chi connectivity index (χ1) is 18.2. The van der Waals surface area contributed by atoms with Crippen molar-refractivity contribution in [3.63, 3.8) is 0 Å². The fourth-order valence-electron chi connectivity index (χ4n) is 6.37. The van der Waals surface area contributed by atoms with Gasteiger partial charge in [0.2, 0.25) is 11.8 Å². The average molecular weight is 510 g/mol. The fourth-order valence-corrected chi connectivity index (χ4v) is 6.37. The molecule has 2 amide bonds. The Morgan fingerprint density at radius 1 is 0.974 bits per heavy atom. The quantitative estimate of drug-likeness (QED) is 0.302. The van der Waals surface area contributed by atoms with Crippen LogP contribution in [0.25, 0.3) is 10.9 Å². The number of carbonyl (C=O) groups excluding carboxylic acids is 2. The van der Waals surface area contributed by atoms with E-state index in [1.165, 1.54) is 6.07 Å². The zero-order chi connectivity index (χ0) is 26.8. The Hall–Kier alpha value is -4.43. The Bertz CT molecular complexity index is 1600. The van der Waals surface area contributed by atoms with Crippen LogP contribution in [0, 0.1) is 25.7 Å². The number of phenolic OH excluding ortho intramolecular Hbond substituents is 1. The second-order valence-electron chi connectivity index (χ2n) is 10.4. The van der Waals surface area contributed by atoms with Gasteiger partial charge < -0.3 is 15.2 Å². The van der Waals surface area contributed by atoms with Crippen LogP contribution in [0.3, 0.4) is 0 Å². The lowest BCUT2D eigenvalue weighted by Gasteiger charge is -2.31. The largest absolute Gasteiger partial charge is 0.508 e. The number of para-hydroxylation sites is 2. The van der Waals surface area contributed by atoms with Crippen molar-refractivity contribution >= 4 is 34.4 Å². The third-order valence-electron chi connectivity index (χ3n) is 7.92. The number of hydrogen-bond acceptors (Lipinski definition) is 5. The number of benzene rings is 3. The van der Waals surface area contributed by atoms with Gasteiger partial charge in [0.1, 0.15) is 11.3 Å². The lowest BCUT2D eigenvalue weighted by atomic mass is 9.76. The Morgan fingerprint density at radius 3 is 2.37 bits per heavy atom. The van der Waals surface area contributed by atoms with Gasteiger partial charge in [0.25, 0.3) is 0 Å². The highest BCUT2D eigenvalue weighted by Gasteiger charge is 2.69. The third-order valence-corrected chi connectivity index (χ3v) is 7.92. The first kappa shape index (κ1) is 23.9. The van der Waals surface area contributed by atoms with Gasteiger partial charge in [-0.05, 0) is 54.8 Å². The molecule has 8 nitrogen and oxygen atoms in total. The number of imide groups is 1. The summed E-state index contributed by atoms with van der Waals surface area (Å²) in [5.74, 6) is -4.53. The van der Waals surface area contributed by atoms with Crippen molar-refractivity contribution in [2.45, 2.75) is 31.8 Å². The molecule has 0 radical (unpaired) electrons. The SMILES string of the molecule is Cc1cc(C)cc(N2C(=O)[C@@H]3[C@@H](c4ccccc4O)N[C@](Cc4c[nH]c5ccccc45)(C(=O)O)[C@H]3C2=O)c1. The first-order valence-electron chi connectivity index (χ1n) is 12.5. The van der Waals surface area contributed by atoms with E-state index in [1.54, 1.807) is 36.5 Å². The zero-order valence-corrected chi connectivity index (χ0v) is 20.9. The van der Waals surface area contributed by atoms with Crippen LogP contribution in [0.15, 0.2) is 72.9 Å². The molecule has 2 fully saturated rings. The molecule has 8 heteroatoms. The van der Waals surface area contributed by atoms with E-state index >= 15 is 0 Å². The van der Waals surface area contributed by atoms with Crippen LogP contribution in [0.4, 0.5) is 5.69 Å². The maximum Gasteiger partial charge on any atom is 0.325 e. The number of carboxylic acid groups (broad SMARTS) is 1. The summed E-state index contributed by atoms with van der Waals surface area (Å²) in [7, 11) is 0. The molecule has 6 rings (SSSR count). The number of fused-ring (bicyclic) bond motifs is 2. The molecule has 2 saturated heterocycles. The Kier molecular flexibility index (Phi) is 5.39. The molecule has 0 saturated carbocycles. The van der Waals surface area contributed by atoms with E-state index < -0.39 is 41.2 Å². The van der Waals surface area contributed by atoms with Crippen LogP contribution in [-0.2, 0) is 20.8 Å². The standard InChI is InChI=1S/C30H27N3O5/c1-16-11-17(2)13-19(12-16)33-27(35)24-25(28(33)36)30(29(37)38,32-26(24)21-8-4-6-10-23(21)34)14-18-15-31-22-9-5-3-7-20(18)22/h3-13,15,24-26,31-32,34H,14H2,1-2H3,(H,37,38)/t24-,25+,26+,30-/m0/s1. The summed E-state index contributed by atoms with van der Waals surface area (Å²) >= 11 is 0. The lowest BCUT2D eigenvalue weighted by Crippen LogP contribution is -2.57. The molecule has 0 spiro atoms. The van der Waals surface area contributed by atoms with Crippen molar-refractivity contribution in [1.82, 2.24) is 10.3 Å². The minimum atomic E-state index is -1.79. The first-order valence-corrected chi connectivity index (χ1v) is 12.5. The molecule has 4 aromatic rings. The Labute approximate surface area is 218 Å². The van der Waals surface area contributed by atoms with Crippen LogP contribution in [-0.4, -0.2) is 38.5 Å². The smallest absolute Gasteiger partial charge is 0.325 e. The van der Waals surface area contributed by atoms with E-state index in [4.69, 9.17) is 0 Å². The lowest BCUT2D eigenvalue weighted by molar-refractivity contribution is -0.148. The second-order valence-corrected chi connectivity index (χ2v) is 10.4. The Morgan fingerprint density at radius 2 is 1.66 bits per heavy atom. The van der Waals surface area contributed by atoms with Crippen LogP contribution >= 0.6 is 0 Å². The number of rotatable bonds is 5. The van der Waals surface area contributed by atoms with E-state index in [0.29, 0.717) is 11.3 Å². The summed E-state index contributed by atoms with van der Waals surface area (Å²) in [6, 6.07) is 18.7. The van der Waals surface area contributed by atoms with E-state index in [2.05, 4.69) is 10.3 Å². The van der Waals surface area contributed by atoms with Crippen LogP contribution in [0.2, 0.25) is 0 Å². The number of carboxylic acids is 1. The number of nitrogens with one attached hydrogen (secondary N) is 2. The van der Waals surface area contributed by atoms with Crippen molar-refractivity contribution in [2.75, 3.05) is 4.90 Å². The van der Waals surface area contributed by atoms with Crippen LogP contribution < -0.4 is 10.2 Å². The number of aliphatic carboxylic acids is 1. The molecule has 0 aliphatic carbocycles. The monoisotopic (exact) mass is 509 g/mol. The molecule has 3 aromatic carbocycles. The highest BCUT2D eigenvalue weighted by Crippen LogP contribution is 2.52. The third kappa shape index (κ3) is 3.44. The van der Waals surface area contributed by atoms with Gasteiger partial charge in [-0.1, -0.05) is 42.5 Å². The average Bonchev–Trinajstić information content (AvgIpc) is 3.51. The van der Waals surface area contributed by atoms with Crippen LogP contribution in [0.1, 0.15) is 28.3 Å². The Balaban J connectivity index is 1.53. The summed E-state index contributed by atoms with van der Waals surface area (Å²) < 4.78 is 0. The molecule has 192 valence electrons. The molecular formula is C30H27N3O5. The second kappa shape index (κ2) is 8.56. The van der Waals surface area contributed by atoms with E-state index in [0.717, 1.165) is 32.5 Å². The summed E-state index contributed by atoms with van der Waals surface area (Å²) in [5, 5.41) is 25.5. The molecule has 2 aliphatic rings. The molecule has 38 heavy (non-hydrogen) atoms. The molecule has 3 heterocycles. The number of anilines is 1. The predicted molar refractivity (Wildman–Crippen MR) is 142 cm³/mol. The molecule has 0 unspecified atom stereocenters. The van der Waals surface area contributed by atoms with Gasteiger partial charge >= 0.3 is 5.97 Å². The highest BCUT2D eigenvalue weighted by molar-refractivity contribution is 6.24. The number of nitrogens with zero attached hydrogens (tertiary/aromatic N) is 1. The number of H-pyrrole nitrogens is 1. The number of phenols is 1. The normalized spacial score (nSPS) is 24.8. The number of aromatic nitrogens is 1. The van der Waals surface area contributed by atoms with Gasteiger partial charge in [0, 0.05) is 35.1 Å². The number of aromatic amines is 1. The van der Waals surface area contributed by atoms with Crippen molar-refractivity contribution in [3.05, 3.63) is 95.2 Å². The summed E-state index contributed by atoms with van der Waals surface area (Å²) in [5.41, 5.74) is 2.36. The van der Waals surface area contributed by atoms with Crippen molar-refractivity contribution in [2.24, 2.45) is 11.8 Å². The minimum Gasteiger partial charge on any atom is -0.508 e. The van der Waals surface area contributed by atoms with Gasteiger partial charge in [0.05, 0.1) is 17.5 Å². The number of carbonyl (C=O) groups is 3. The minimum absolute atomic E-state index is 0.0304. The zero-order valence-electron chi connectivity index (χ0n) is 20.9. The van der Waals surface area contributed by atoms with Gasteiger partial charge in [-0.2, -0.15) is 0 Å². The predicted octanol–water partition coefficient (Wildman–Crippen LogP) is 4.01. The molecule has 4 atom stereocenters. The van der Waals surface area contributed by atoms with Gasteiger partial charge in [-0.15, -0.1) is 0 Å². The van der Waals surface area contributed by atoms with Crippen LogP contribution in [0.5, 0.6) is 5.75 Å². The van der Waals surface area contributed by atoms with Gasteiger partial charge in [-0.25, -0.2) is 4.90 Å². The van der Waals surface area contributed by atoms with E-state index in [1.807, 2.05) is 44.2 Å². The van der Waals surface area contributed by atoms with Crippen molar-refractivity contribution in [1.29, 1.82) is 0 Å². The maximum absolute atomic E-state index is 14.1. The van der Waals surface area contributed by atoms with E-state index in [-0.39, 0.29) is 12.2 Å². The molecule has 4 N–H and O–H groups in total. The van der Waals surface area contributed by atoms with E-state index in [9.17, 15) is 24.6 Å². The maximum atomic E-state index is 14.1. The fraction of sp³-hybridized carbons (Fsp3) is 0.233. The molecule has 1 aromatic heterocycles. The van der Waals surface area contributed by atoms with Crippen molar-refractivity contribution in [3.8, 4) is 5.75 Å². The molecule has 0 bridgehead atoms. The molecular weight excluding hydrogens is 482 g/mol. The van der Waals surface area contributed by atoms with Crippen molar-refractivity contribution < 1.29 is 24.6 Å². The number of amides is 2. The highest BCUT2D eigenvalue weighted by atomic mass is 16.4. The summed E-state index contributed by atoms with van der Waals surface area (Å²) in [4.78, 5) is 45.6. The van der Waals surface area contributed by atoms with Gasteiger partial charge in [-0.3, -0.25) is 19.7 Å². The summed E-state index contributed by atoms with van der Waals surface area (Å²) in [6.45, 7) is 3.76. The van der Waals surface area contributed by atoms with Gasteiger partial charge in [0.15, 0.2) is 0 Å². The number of aryl methyl sites for hydroxylation is 2. The molecule has 2 aliphatic heterocycles. The summed E-state index contributed by atoms with van der Waals surface area (Å²) in [6.07, 6.45) is 1.72. The topological polar surface area (TPSA) is 123 Å². The number of hydrogen-bond donors (Lipinski definition) is 4.